The molecule has 10 nitrogen and oxygen atoms in total. The first kappa shape index (κ1) is 30.1. The molecule has 2 fully saturated rings. The van der Waals surface area contributed by atoms with Gasteiger partial charge < -0.3 is 45.1 Å². The number of benzene rings is 2. The molecule has 41 heavy (non-hydrogen) atoms. The van der Waals surface area contributed by atoms with Gasteiger partial charge >= 0.3 is 5.97 Å². The average Bonchev–Trinajstić information content (AvgIpc) is 3.53. The van der Waals surface area contributed by atoms with Crippen LogP contribution in [0, 0.1) is 0 Å². The Bertz CT molecular complexity index is 1170. The van der Waals surface area contributed by atoms with E-state index >= 15 is 0 Å². The standard InChI is InChI=1S/C23H27ClF2O7.C5H9NO2/c24-17-6-3-14(23-22(30)21(29)20(28)18(11-27)33-23)10-15(17)9-13-1-4-16(5-2-13)32-8-7-31-12-19(25)26;7-5(8)4-2-1-3-6-4/h1-6,10,18-23,27-30H,7-9,11-12H2;4,6H,1-3H2,(H,7,8)/t18-,20-,21+,22-,23+;4-/m10/s1/i9D2;. The van der Waals surface area contributed by atoms with Crippen LogP contribution in [0.25, 0.3) is 0 Å². The van der Waals surface area contributed by atoms with E-state index in [0.717, 1.165) is 19.4 Å². The van der Waals surface area contributed by atoms with Crippen LogP contribution in [0.5, 0.6) is 5.75 Å². The van der Waals surface area contributed by atoms with Gasteiger partial charge in [0.1, 0.15) is 55.5 Å². The van der Waals surface area contributed by atoms with Gasteiger partial charge in [-0.15, -0.1) is 0 Å². The summed E-state index contributed by atoms with van der Waals surface area (Å²) in [7, 11) is 0. The molecule has 0 unspecified atom stereocenters. The molecule has 2 aliphatic heterocycles. The number of aliphatic carboxylic acids is 1. The normalized spacial score (nSPS) is 27.0. The molecule has 2 saturated heterocycles. The van der Waals surface area contributed by atoms with Gasteiger partial charge in [0.25, 0.3) is 6.43 Å². The van der Waals surface area contributed by atoms with Gasteiger partial charge in [-0.25, -0.2) is 8.78 Å². The van der Waals surface area contributed by atoms with E-state index < -0.39 is 62.5 Å². The van der Waals surface area contributed by atoms with Gasteiger partial charge in [-0.05, 0) is 60.6 Å². The average molecular weight is 606 g/mol. The lowest BCUT2D eigenvalue weighted by Gasteiger charge is -2.40. The van der Waals surface area contributed by atoms with Crippen molar-refractivity contribution in [1.82, 2.24) is 5.32 Å². The number of rotatable bonds is 11. The highest BCUT2D eigenvalue weighted by atomic mass is 35.5. The number of ether oxygens (including phenoxy) is 3. The van der Waals surface area contributed by atoms with Gasteiger partial charge in [-0.3, -0.25) is 4.79 Å². The number of hydrogen-bond donors (Lipinski definition) is 6. The van der Waals surface area contributed by atoms with Crippen LogP contribution in [0.4, 0.5) is 8.78 Å². The van der Waals surface area contributed by atoms with Gasteiger partial charge in [-0.1, -0.05) is 35.9 Å². The molecule has 2 heterocycles. The molecular formula is C28H36ClF2NO9. The second-order valence-corrected chi connectivity index (χ2v) is 9.85. The van der Waals surface area contributed by atoms with Crippen LogP contribution in [0.15, 0.2) is 42.5 Å². The number of nitrogens with one attached hydrogen (secondary N) is 1. The predicted octanol–water partition coefficient (Wildman–Crippen LogP) is 1.93. The third kappa shape index (κ3) is 9.83. The van der Waals surface area contributed by atoms with Crippen LogP contribution in [0.3, 0.4) is 0 Å². The van der Waals surface area contributed by atoms with E-state index in [0.29, 0.717) is 11.3 Å². The van der Waals surface area contributed by atoms with Crippen molar-refractivity contribution in [2.75, 3.05) is 33.0 Å². The van der Waals surface area contributed by atoms with Crippen molar-refractivity contribution in [3.8, 4) is 5.75 Å². The summed E-state index contributed by atoms with van der Waals surface area (Å²) in [5.74, 6) is -0.325. The van der Waals surface area contributed by atoms with Crippen LogP contribution in [0.1, 0.15) is 38.4 Å². The van der Waals surface area contributed by atoms with Crippen molar-refractivity contribution < 1.29 is 56.1 Å². The van der Waals surface area contributed by atoms with Crippen molar-refractivity contribution >= 4 is 17.6 Å². The van der Waals surface area contributed by atoms with E-state index in [1.165, 1.54) is 42.5 Å². The molecule has 228 valence electrons. The topological polar surface area (TPSA) is 158 Å². The van der Waals surface area contributed by atoms with Gasteiger partial charge in [0.05, 0.1) is 13.2 Å². The molecule has 13 heteroatoms. The number of carbonyl (C=O) groups is 1. The predicted molar refractivity (Wildman–Crippen MR) is 144 cm³/mol. The number of carboxylic acid groups (broad SMARTS) is 1. The first-order valence-corrected chi connectivity index (χ1v) is 13.4. The zero-order valence-corrected chi connectivity index (χ0v) is 22.8. The molecule has 0 bridgehead atoms. The van der Waals surface area contributed by atoms with Crippen molar-refractivity contribution in [3.05, 3.63) is 64.2 Å². The summed E-state index contributed by atoms with van der Waals surface area (Å²) in [5, 5.41) is 51.2. The van der Waals surface area contributed by atoms with Crippen molar-refractivity contribution in [1.29, 1.82) is 0 Å². The monoisotopic (exact) mass is 605 g/mol. The quantitative estimate of drug-likeness (QED) is 0.209. The van der Waals surface area contributed by atoms with Crippen LogP contribution in [-0.2, 0) is 20.6 Å². The van der Waals surface area contributed by atoms with Crippen molar-refractivity contribution in [3.63, 3.8) is 0 Å². The fraction of sp³-hybridized carbons (Fsp3) is 0.536. The second-order valence-electron chi connectivity index (χ2n) is 9.44. The summed E-state index contributed by atoms with van der Waals surface area (Å²) in [4.78, 5) is 10.1. The summed E-state index contributed by atoms with van der Waals surface area (Å²) >= 11 is 6.30. The fourth-order valence-corrected chi connectivity index (χ4v) is 4.43. The van der Waals surface area contributed by atoms with Crippen molar-refractivity contribution in [2.45, 2.75) is 62.2 Å². The molecule has 6 atom stereocenters. The Balaban J connectivity index is 0.000000546. The Morgan fingerprint density at radius 2 is 1.85 bits per heavy atom. The molecular weight excluding hydrogens is 568 g/mol. The lowest BCUT2D eigenvalue weighted by Crippen LogP contribution is -2.55. The highest BCUT2D eigenvalue weighted by molar-refractivity contribution is 6.31. The molecule has 0 spiro atoms. The van der Waals surface area contributed by atoms with Crippen LogP contribution in [0.2, 0.25) is 5.02 Å². The first-order chi connectivity index (χ1) is 20.4. The van der Waals surface area contributed by atoms with Crippen LogP contribution in [-0.4, -0.2) is 101 Å². The molecule has 0 amide bonds. The van der Waals surface area contributed by atoms with Crippen LogP contribution < -0.4 is 10.1 Å². The Morgan fingerprint density at radius 3 is 2.44 bits per heavy atom. The van der Waals surface area contributed by atoms with Crippen molar-refractivity contribution in [2.24, 2.45) is 0 Å². The molecule has 2 aromatic carbocycles. The maximum Gasteiger partial charge on any atom is 0.320 e. The number of aliphatic hydroxyl groups is 4. The van der Waals surface area contributed by atoms with E-state index in [4.69, 9.17) is 33.7 Å². The smallest absolute Gasteiger partial charge is 0.320 e. The molecule has 4 rings (SSSR count). The lowest BCUT2D eigenvalue weighted by atomic mass is 9.90. The van der Waals surface area contributed by atoms with Gasteiger partial charge in [-0.2, -0.15) is 0 Å². The molecule has 6 N–H and O–H groups in total. The Morgan fingerprint density at radius 1 is 1.12 bits per heavy atom. The minimum absolute atomic E-state index is 0.0206. The highest BCUT2D eigenvalue weighted by Crippen LogP contribution is 2.34. The minimum Gasteiger partial charge on any atom is -0.491 e. The Labute approximate surface area is 244 Å². The van der Waals surface area contributed by atoms with E-state index in [-0.39, 0.29) is 35.4 Å². The Kier molecular flexibility index (Phi) is 11.9. The molecule has 0 saturated carbocycles. The summed E-state index contributed by atoms with van der Waals surface area (Å²) in [5.41, 5.74) is 0.614. The number of aliphatic hydroxyl groups excluding tert-OH is 4. The summed E-state index contributed by atoms with van der Waals surface area (Å²) < 4.78 is 57.2. The first-order valence-electron chi connectivity index (χ1n) is 14.0. The molecule has 0 aliphatic carbocycles. The maximum atomic E-state index is 12.1. The molecule has 2 aliphatic rings. The largest absolute Gasteiger partial charge is 0.491 e. The van der Waals surface area contributed by atoms with Gasteiger partial charge in [0.15, 0.2) is 0 Å². The highest BCUT2D eigenvalue weighted by Gasteiger charge is 2.44. The number of carboxylic acids is 1. The third-order valence-corrected chi connectivity index (χ3v) is 6.77. The minimum atomic E-state index is -2.55. The van der Waals surface area contributed by atoms with E-state index in [1.807, 2.05) is 0 Å². The van der Waals surface area contributed by atoms with E-state index in [9.17, 15) is 34.0 Å². The summed E-state index contributed by atoms with van der Waals surface area (Å²) in [6, 6.07) is 10.1. The SMILES string of the molecule is O=C(O)[C@@H]1CCCN1.[2H]C([2H])(c1ccc(OCCOCC(F)F)cc1)c1cc([C@@H]2O[C@H](CO)[C@@H](O)[C@H](O)[C@H]2O)ccc1Cl. The van der Waals surface area contributed by atoms with E-state index in [1.54, 1.807) is 0 Å². The number of halogens is 3. The fourth-order valence-electron chi connectivity index (χ4n) is 4.27. The van der Waals surface area contributed by atoms with Gasteiger partial charge in [0, 0.05) is 7.76 Å². The molecule has 2 aromatic rings. The summed E-state index contributed by atoms with van der Waals surface area (Å²) in [6.07, 6.45) is -9.71. The zero-order valence-electron chi connectivity index (χ0n) is 24.0. The summed E-state index contributed by atoms with van der Waals surface area (Å²) in [6.45, 7) is -0.378. The number of hydrogen-bond acceptors (Lipinski definition) is 9. The lowest BCUT2D eigenvalue weighted by molar-refractivity contribution is -0.231. The number of alkyl halides is 2. The molecule has 0 radical (unpaired) electrons. The van der Waals surface area contributed by atoms with E-state index in [2.05, 4.69) is 5.32 Å². The zero-order chi connectivity index (χ0) is 31.7. The molecule has 0 aromatic heterocycles. The third-order valence-electron chi connectivity index (χ3n) is 6.44. The van der Waals surface area contributed by atoms with Gasteiger partial charge in [0.2, 0.25) is 0 Å². The Hall–Kier alpha value is -2.42. The maximum absolute atomic E-state index is 12.1. The van der Waals surface area contributed by atoms with Crippen LogP contribution >= 0.6 is 11.6 Å². The second kappa shape index (κ2) is 16.3.